The summed E-state index contributed by atoms with van der Waals surface area (Å²) in [6, 6.07) is 4.67. The number of ether oxygens (including phenoxy) is 1. The Morgan fingerprint density at radius 1 is 1.35 bits per heavy atom. The van der Waals surface area contributed by atoms with E-state index in [1.54, 1.807) is 12.1 Å². The molecule has 1 aliphatic rings. The maximum Gasteiger partial charge on any atom is 0.165 e. The highest BCUT2D eigenvalue weighted by atomic mass is 19.1. The Hall–Kier alpha value is -1.13. The number of halogens is 1. The van der Waals surface area contributed by atoms with Crippen LogP contribution < -0.4 is 10.5 Å². The Labute approximate surface area is 100 Å². The maximum atomic E-state index is 13.6. The first-order valence-corrected chi connectivity index (χ1v) is 5.97. The third-order valence-corrected chi connectivity index (χ3v) is 3.26. The van der Waals surface area contributed by atoms with E-state index >= 15 is 0 Å². The Balaban J connectivity index is 1.99. The van der Waals surface area contributed by atoms with Crippen molar-refractivity contribution in [3.05, 3.63) is 29.6 Å². The van der Waals surface area contributed by atoms with Crippen LogP contribution in [0.4, 0.5) is 4.39 Å². The second-order valence-electron chi connectivity index (χ2n) is 4.69. The predicted octanol–water partition coefficient (Wildman–Crippen LogP) is 1.97. The average molecular weight is 239 g/mol. The van der Waals surface area contributed by atoms with Crippen LogP contribution >= 0.6 is 0 Å². The number of hydrogen-bond donors (Lipinski definition) is 2. The molecule has 2 rings (SSSR count). The van der Waals surface area contributed by atoms with Crippen LogP contribution in [-0.4, -0.2) is 17.3 Å². The minimum atomic E-state index is -0.779. The molecule has 1 aromatic rings. The molecule has 94 valence electrons. The summed E-state index contributed by atoms with van der Waals surface area (Å²) in [7, 11) is 0. The number of rotatable bonds is 4. The molecule has 0 aromatic heterocycles. The smallest absolute Gasteiger partial charge is 0.165 e. The van der Waals surface area contributed by atoms with Crippen molar-refractivity contribution in [1.82, 2.24) is 0 Å². The second-order valence-corrected chi connectivity index (χ2v) is 4.69. The van der Waals surface area contributed by atoms with E-state index in [1.807, 2.05) is 0 Å². The Morgan fingerprint density at radius 3 is 2.65 bits per heavy atom. The summed E-state index contributed by atoms with van der Waals surface area (Å²) in [5.74, 6) is -0.239. The first-order chi connectivity index (χ1) is 8.13. The Bertz CT molecular complexity index is 389. The molecule has 0 heterocycles. The molecule has 0 radical (unpaired) electrons. The molecule has 3 N–H and O–H groups in total. The zero-order chi connectivity index (χ0) is 12.3. The topological polar surface area (TPSA) is 55.5 Å². The van der Waals surface area contributed by atoms with Gasteiger partial charge >= 0.3 is 0 Å². The quantitative estimate of drug-likeness (QED) is 0.844. The minimum Gasteiger partial charge on any atom is -0.488 e. The molecule has 0 bridgehead atoms. The van der Waals surface area contributed by atoms with Gasteiger partial charge in [-0.1, -0.05) is 18.9 Å². The molecular weight excluding hydrogens is 221 g/mol. The first-order valence-electron chi connectivity index (χ1n) is 5.97. The van der Waals surface area contributed by atoms with E-state index in [-0.39, 0.29) is 12.4 Å². The highest BCUT2D eigenvalue weighted by molar-refractivity contribution is 5.29. The van der Waals surface area contributed by atoms with Crippen molar-refractivity contribution in [2.75, 3.05) is 6.61 Å². The summed E-state index contributed by atoms with van der Waals surface area (Å²) in [4.78, 5) is 0. The van der Waals surface area contributed by atoms with E-state index in [1.165, 1.54) is 6.07 Å². The monoisotopic (exact) mass is 239 g/mol. The van der Waals surface area contributed by atoms with Crippen molar-refractivity contribution in [3.8, 4) is 5.75 Å². The molecule has 0 amide bonds. The van der Waals surface area contributed by atoms with Crippen molar-refractivity contribution in [2.24, 2.45) is 5.73 Å². The van der Waals surface area contributed by atoms with Gasteiger partial charge in [0.15, 0.2) is 11.6 Å². The summed E-state index contributed by atoms with van der Waals surface area (Å²) in [6.45, 7) is 0.465. The predicted molar refractivity (Wildman–Crippen MR) is 63.2 cm³/mol. The fourth-order valence-corrected chi connectivity index (χ4v) is 2.18. The molecule has 1 saturated carbocycles. The zero-order valence-corrected chi connectivity index (χ0v) is 9.79. The molecule has 0 spiro atoms. The van der Waals surface area contributed by atoms with Crippen molar-refractivity contribution >= 4 is 0 Å². The van der Waals surface area contributed by atoms with E-state index < -0.39 is 11.4 Å². The number of benzene rings is 1. The standard InChI is InChI=1S/C13H18FNO2/c14-11-7-10(8-15)3-4-12(11)17-9-13(16)5-1-2-6-13/h3-4,7,16H,1-2,5-6,8-9,15H2. The number of aliphatic hydroxyl groups is 1. The SMILES string of the molecule is NCc1ccc(OCC2(O)CCCC2)c(F)c1. The third-order valence-electron chi connectivity index (χ3n) is 3.26. The van der Waals surface area contributed by atoms with Crippen LogP contribution in [0.2, 0.25) is 0 Å². The highest BCUT2D eigenvalue weighted by Gasteiger charge is 2.32. The Morgan fingerprint density at radius 2 is 2.06 bits per heavy atom. The van der Waals surface area contributed by atoms with Crippen molar-refractivity contribution in [1.29, 1.82) is 0 Å². The van der Waals surface area contributed by atoms with E-state index in [2.05, 4.69) is 0 Å². The molecule has 1 fully saturated rings. The minimum absolute atomic E-state index is 0.159. The van der Waals surface area contributed by atoms with Gasteiger partial charge in [-0.15, -0.1) is 0 Å². The summed E-state index contributed by atoms with van der Waals surface area (Å²) < 4.78 is 18.9. The van der Waals surface area contributed by atoms with Crippen LogP contribution in [-0.2, 0) is 6.54 Å². The Kier molecular flexibility index (Phi) is 3.64. The summed E-state index contributed by atoms with van der Waals surface area (Å²) in [6.07, 6.45) is 3.48. The molecule has 0 saturated heterocycles. The molecule has 1 aromatic carbocycles. The molecule has 3 nitrogen and oxygen atoms in total. The lowest BCUT2D eigenvalue weighted by Gasteiger charge is -2.22. The average Bonchev–Trinajstić information content (AvgIpc) is 2.75. The molecule has 17 heavy (non-hydrogen) atoms. The fourth-order valence-electron chi connectivity index (χ4n) is 2.18. The van der Waals surface area contributed by atoms with E-state index in [9.17, 15) is 9.50 Å². The van der Waals surface area contributed by atoms with Gasteiger partial charge in [-0.25, -0.2) is 4.39 Å². The van der Waals surface area contributed by atoms with Crippen LogP contribution in [0.15, 0.2) is 18.2 Å². The van der Waals surface area contributed by atoms with Crippen molar-refractivity contribution in [3.63, 3.8) is 0 Å². The van der Waals surface area contributed by atoms with Crippen LogP contribution in [0, 0.1) is 5.82 Å². The van der Waals surface area contributed by atoms with Gasteiger partial charge in [0.2, 0.25) is 0 Å². The summed E-state index contributed by atoms with van der Waals surface area (Å²) in [5.41, 5.74) is 5.37. The van der Waals surface area contributed by atoms with Crippen LogP contribution in [0.5, 0.6) is 5.75 Å². The van der Waals surface area contributed by atoms with Gasteiger partial charge in [0.1, 0.15) is 6.61 Å². The van der Waals surface area contributed by atoms with Gasteiger partial charge < -0.3 is 15.6 Å². The molecule has 0 unspecified atom stereocenters. The van der Waals surface area contributed by atoms with Gasteiger partial charge in [-0.3, -0.25) is 0 Å². The second kappa shape index (κ2) is 5.02. The number of hydrogen-bond acceptors (Lipinski definition) is 3. The van der Waals surface area contributed by atoms with Gasteiger partial charge in [0.05, 0.1) is 5.60 Å². The molecule has 0 aliphatic heterocycles. The van der Waals surface area contributed by atoms with Gasteiger partial charge in [-0.05, 0) is 30.5 Å². The van der Waals surface area contributed by atoms with Crippen molar-refractivity contribution < 1.29 is 14.2 Å². The van der Waals surface area contributed by atoms with Crippen LogP contribution in [0.1, 0.15) is 31.2 Å². The molecule has 4 heteroatoms. The zero-order valence-electron chi connectivity index (χ0n) is 9.79. The van der Waals surface area contributed by atoms with E-state index in [4.69, 9.17) is 10.5 Å². The molecule has 0 atom stereocenters. The number of nitrogens with two attached hydrogens (primary N) is 1. The lowest BCUT2D eigenvalue weighted by molar-refractivity contribution is 0.000327. The lowest BCUT2D eigenvalue weighted by atomic mass is 10.0. The van der Waals surface area contributed by atoms with Gasteiger partial charge in [0, 0.05) is 6.54 Å². The van der Waals surface area contributed by atoms with Crippen LogP contribution in [0.25, 0.3) is 0 Å². The highest BCUT2D eigenvalue weighted by Crippen LogP contribution is 2.30. The van der Waals surface area contributed by atoms with Crippen molar-refractivity contribution in [2.45, 2.75) is 37.8 Å². The van der Waals surface area contributed by atoms with E-state index in [0.29, 0.717) is 6.54 Å². The fraction of sp³-hybridized carbons (Fsp3) is 0.538. The first kappa shape index (κ1) is 12.3. The largest absolute Gasteiger partial charge is 0.488 e. The maximum absolute atomic E-state index is 13.6. The van der Waals surface area contributed by atoms with Gasteiger partial charge in [0.25, 0.3) is 0 Å². The summed E-state index contributed by atoms with van der Waals surface area (Å²) in [5, 5.41) is 10.1. The molecular formula is C13H18FNO2. The summed E-state index contributed by atoms with van der Waals surface area (Å²) >= 11 is 0. The normalized spacial score (nSPS) is 18.3. The van der Waals surface area contributed by atoms with E-state index in [0.717, 1.165) is 31.2 Å². The molecule has 1 aliphatic carbocycles. The third kappa shape index (κ3) is 2.96. The lowest BCUT2D eigenvalue weighted by Crippen LogP contribution is -2.32. The van der Waals surface area contributed by atoms with Gasteiger partial charge in [-0.2, -0.15) is 0 Å². The van der Waals surface area contributed by atoms with Crippen LogP contribution in [0.3, 0.4) is 0 Å².